The highest BCUT2D eigenvalue weighted by Crippen LogP contribution is 2.45. The Balaban J connectivity index is 1.86. The zero-order valence-corrected chi connectivity index (χ0v) is 11.1. The molecule has 0 saturated heterocycles. The minimum Gasteiger partial charge on any atom is -0.396 e. The van der Waals surface area contributed by atoms with Crippen LogP contribution in [0.4, 0.5) is 0 Å². The lowest BCUT2D eigenvalue weighted by molar-refractivity contribution is -0.130. The summed E-state index contributed by atoms with van der Waals surface area (Å²) in [6, 6.07) is 0. The number of rotatable bonds is 4. The smallest absolute Gasteiger partial charge is 0.223 e. The number of nitrogens with one attached hydrogen (secondary N) is 1. The molecular weight excluding hydrogens is 214 g/mol. The van der Waals surface area contributed by atoms with Gasteiger partial charge in [0.1, 0.15) is 0 Å². The number of carbonyl (C=O) groups excluding carboxylic acids is 1. The molecule has 0 bridgehead atoms. The summed E-state index contributed by atoms with van der Waals surface area (Å²) in [5.41, 5.74) is 0.159. The van der Waals surface area contributed by atoms with E-state index >= 15 is 0 Å². The Morgan fingerprint density at radius 2 is 2.00 bits per heavy atom. The molecule has 1 atom stereocenters. The number of hydrogen-bond donors (Lipinski definition) is 2. The van der Waals surface area contributed by atoms with Crippen LogP contribution in [0.5, 0.6) is 0 Å². The van der Waals surface area contributed by atoms with Crippen molar-refractivity contribution in [1.82, 2.24) is 5.32 Å². The fraction of sp³-hybridized carbons (Fsp3) is 0.929. The number of amides is 1. The van der Waals surface area contributed by atoms with E-state index in [0.29, 0.717) is 6.54 Å². The van der Waals surface area contributed by atoms with Crippen molar-refractivity contribution in [3.05, 3.63) is 0 Å². The van der Waals surface area contributed by atoms with Gasteiger partial charge in [-0.05, 0) is 31.1 Å². The zero-order chi connectivity index (χ0) is 12.5. The molecule has 0 aromatic rings. The van der Waals surface area contributed by atoms with E-state index in [-0.39, 0.29) is 29.3 Å². The molecule has 2 rings (SSSR count). The molecule has 0 spiro atoms. The maximum absolute atomic E-state index is 12.2. The molecule has 0 aromatic carbocycles. The molecule has 17 heavy (non-hydrogen) atoms. The Morgan fingerprint density at radius 1 is 1.29 bits per heavy atom. The molecule has 1 amide bonds. The average Bonchev–Trinajstić information content (AvgIpc) is 3.06. The van der Waals surface area contributed by atoms with Gasteiger partial charge in [-0.1, -0.05) is 26.7 Å². The van der Waals surface area contributed by atoms with Crippen LogP contribution >= 0.6 is 0 Å². The first-order chi connectivity index (χ1) is 7.99. The molecule has 98 valence electrons. The van der Waals surface area contributed by atoms with Gasteiger partial charge in [0.25, 0.3) is 0 Å². The van der Waals surface area contributed by atoms with Crippen molar-refractivity contribution in [3.63, 3.8) is 0 Å². The molecule has 3 nitrogen and oxygen atoms in total. The van der Waals surface area contributed by atoms with E-state index in [4.69, 9.17) is 0 Å². The second-order valence-corrected chi connectivity index (χ2v) is 6.66. The van der Waals surface area contributed by atoms with Crippen LogP contribution in [0, 0.1) is 16.7 Å². The number of carbonyl (C=O) groups is 1. The molecule has 2 saturated carbocycles. The molecule has 0 aromatic heterocycles. The number of hydrogen-bond acceptors (Lipinski definition) is 2. The van der Waals surface area contributed by atoms with Crippen molar-refractivity contribution < 1.29 is 9.90 Å². The molecule has 0 radical (unpaired) electrons. The summed E-state index contributed by atoms with van der Waals surface area (Å²) in [6.45, 7) is 5.28. The van der Waals surface area contributed by atoms with Gasteiger partial charge in [0.15, 0.2) is 0 Å². The monoisotopic (exact) mass is 239 g/mol. The fourth-order valence-electron chi connectivity index (χ4n) is 2.95. The van der Waals surface area contributed by atoms with E-state index in [9.17, 15) is 9.90 Å². The van der Waals surface area contributed by atoms with Crippen LogP contribution in [0.25, 0.3) is 0 Å². The molecule has 0 aliphatic heterocycles. The van der Waals surface area contributed by atoms with Gasteiger partial charge in [-0.3, -0.25) is 4.79 Å². The van der Waals surface area contributed by atoms with Crippen molar-refractivity contribution in [2.75, 3.05) is 13.2 Å². The van der Waals surface area contributed by atoms with Crippen molar-refractivity contribution >= 4 is 5.91 Å². The minimum atomic E-state index is 0.0223. The molecule has 2 fully saturated rings. The topological polar surface area (TPSA) is 49.3 Å². The molecule has 0 heterocycles. The predicted octanol–water partition coefficient (Wildman–Crippen LogP) is 2.09. The van der Waals surface area contributed by atoms with E-state index in [2.05, 4.69) is 19.2 Å². The van der Waals surface area contributed by atoms with Gasteiger partial charge in [-0.15, -0.1) is 0 Å². The third kappa shape index (κ3) is 2.82. The second-order valence-electron chi connectivity index (χ2n) is 6.66. The summed E-state index contributed by atoms with van der Waals surface area (Å²) < 4.78 is 0. The summed E-state index contributed by atoms with van der Waals surface area (Å²) in [7, 11) is 0. The van der Waals surface area contributed by atoms with Gasteiger partial charge in [0.2, 0.25) is 5.91 Å². The Bertz CT molecular complexity index is 295. The summed E-state index contributed by atoms with van der Waals surface area (Å²) >= 11 is 0. The summed E-state index contributed by atoms with van der Waals surface area (Å²) in [5.74, 6) is 0.361. The first-order valence-electron chi connectivity index (χ1n) is 6.88. The molecule has 2 aliphatic rings. The van der Waals surface area contributed by atoms with E-state index in [1.54, 1.807) is 0 Å². The largest absolute Gasteiger partial charge is 0.396 e. The van der Waals surface area contributed by atoms with Crippen molar-refractivity contribution in [3.8, 4) is 0 Å². The van der Waals surface area contributed by atoms with Crippen molar-refractivity contribution in [2.24, 2.45) is 16.7 Å². The van der Waals surface area contributed by atoms with Gasteiger partial charge in [-0.2, -0.15) is 0 Å². The predicted molar refractivity (Wildman–Crippen MR) is 67.5 cm³/mol. The van der Waals surface area contributed by atoms with Crippen LogP contribution in [-0.4, -0.2) is 24.2 Å². The first kappa shape index (κ1) is 12.9. The minimum absolute atomic E-state index is 0.0223. The van der Waals surface area contributed by atoms with Gasteiger partial charge >= 0.3 is 0 Å². The van der Waals surface area contributed by atoms with E-state index in [0.717, 1.165) is 25.7 Å². The SMILES string of the molecule is CC1(C)CCCCC1C(=O)NCC1(CO)CC1. The molecule has 3 heteroatoms. The van der Waals surface area contributed by atoms with Crippen LogP contribution in [0.3, 0.4) is 0 Å². The standard InChI is InChI=1S/C14H25NO2/c1-13(2)6-4-3-5-11(13)12(17)15-9-14(10-16)7-8-14/h11,16H,3-10H2,1-2H3,(H,15,17). The second kappa shape index (κ2) is 4.60. The Morgan fingerprint density at radius 3 is 2.53 bits per heavy atom. The third-order valence-electron chi connectivity index (χ3n) is 4.75. The number of aliphatic hydroxyl groups excluding tert-OH is 1. The first-order valence-corrected chi connectivity index (χ1v) is 6.88. The fourth-order valence-corrected chi connectivity index (χ4v) is 2.95. The third-order valence-corrected chi connectivity index (χ3v) is 4.75. The highest BCUT2D eigenvalue weighted by atomic mass is 16.3. The summed E-state index contributed by atoms with van der Waals surface area (Å²) in [6.07, 6.45) is 6.70. The van der Waals surface area contributed by atoms with Crippen LogP contribution in [0.1, 0.15) is 52.4 Å². The zero-order valence-electron chi connectivity index (χ0n) is 11.1. The van der Waals surface area contributed by atoms with Gasteiger partial charge < -0.3 is 10.4 Å². The van der Waals surface area contributed by atoms with Crippen molar-refractivity contribution in [2.45, 2.75) is 52.4 Å². The van der Waals surface area contributed by atoms with Crippen LogP contribution in [0.2, 0.25) is 0 Å². The number of aliphatic hydroxyl groups is 1. The summed E-state index contributed by atoms with van der Waals surface area (Å²) in [4.78, 5) is 12.2. The van der Waals surface area contributed by atoms with Crippen LogP contribution < -0.4 is 5.32 Å². The van der Waals surface area contributed by atoms with Gasteiger partial charge in [-0.25, -0.2) is 0 Å². The maximum atomic E-state index is 12.2. The highest BCUT2D eigenvalue weighted by Gasteiger charge is 2.43. The Kier molecular flexibility index (Phi) is 3.48. The lowest BCUT2D eigenvalue weighted by atomic mass is 9.68. The summed E-state index contributed by atoms with van der Waals surface area (Å²) in [5, 5.41) is 12.3. The molecule has 1 unspecified atom stereocenters. The van der Waals surface area contributed by atoms with Gasteiger partial charge in [0, 0.05) is 17.9 Å². The average molecular weight is 239 g/mol. The van der Waals surface area contributed by atoms with Crippen molar-refractivity contribution in [1.29, 1.82) is 0 Å². The van der Waals surface area contributed by atoms with E-state index in [1.807, 2.05) is 0 Å². The van der Waals surface area contributed by atoms with Crippen LogP contribution in [-0.2, 0) is 4.79 Å². The molecule has 2 N–H and O–H groups in total. The highest BCUT2D eigenvalue weighted by molar-refractivity contribution is 5.79. The van der Waals surface area contributed by atoms with Crippen LogP contribution in [0.15, 0.2) is 0 Å². The maximum Gasteiger partial charge on any atom is 0.223 e. The van der Waals surface area contributed by atoms with Gasteiger partial charge in [0.05, 0.1) is 6.61 Å². The quantitative estimate of drug-likeness (QED) is 0.789. The van der Waals surface area contributed by atoms with E-state index in [1.165, 1.54) is 12.8 Å². The molecular formula is C14H25NO2. The Labute approximate surface area is 104 Å². The lowest BCUT2D eigenvalue weighted by Crippen LogP contribution is -2.43. The Hall–Kier alpha value is -0.570. The van der Waals surface area contributed by atoms with E-state index < -0.39 is 0 Å². The normalized spacial score (nSPS) is 29.7. The lowest BCUT2D eigenvalue weighted by Gasteiger charge is -2.37. The molecule has 2 aliphatic carbocycles.